The van der Waals surface area contributed by atoms with Gasteiger partial charge in [-0.2, -0.15) is 5.10 Å². The van der Waals surface area contributed by atoms with Gasteiger partial charge in [0.25, 0.3) is 0 Å². The molecule has 3 rings (SSSR count). The second kappa shape index (κ2) is 9.01. The van der Waals surface area contributed by atoms with Crippen LogP contribution < -0.4 is 10.6 Å². The van der Waals surface area contributed by atoms with Crippen LogP contribution in [0.4, 0.5) is 0 Å². The number of halogens is 1. The van der Waals surface area contributed by atoms with Crippen LogP contribution in [-0.4, -0.2) is 52.8 Å². The van der Waals surface area contributed by atoms with Gasteiger partial charge in [0.1, 0.15) is 0 Å². The minimum absolute atomic E-state index is 0. The van der Waals surface area contributed by atoms with Crippen molar-refractivity contribution in [2.75, 3.05) is 26.2 Å². The summed E-state index contributed by atoms with van der Waals surface area (Å²) in [6.07, 6.45) is 4.50. The van der Waals surface area contributed by atoms with Crippen molar-refractivity contribution in [2.45, 2.75) is 52.1 Å². The zero-order valence-electron chi connectivity index (χ0n) is 15.7. The molecule has 0 saturated carbocycles. The molecule has 0 aliphatic carbocycles. The quantitative estimate of drug-likeness (QED) is 0.826. The van der Waals surface area contributed by atoms with Gasteiger partial charge in [0.2, 0.25) is 5.91 Å². The normalized spacial score (nSPS) is 24.1. The lowest BCUT2D eigenvalue weighted by Crippen LogP contribution is -2.45. The molecule has 3 heterocycles. The minimum Gasteiger partial charge on any atom is -0.354 e. The molecule has 1 aromatic rings. The third-order valence-electron chi connectivity index (χ3n) is 5.59. The number of likely N-dealkylation sites (tertiary alicyclic amines) is 1. The van der Waals surface area contributed by atoms with Gasteiger partial charge in [0.15, 0.2) is 0 Å². The Balaban J connectivity index is 0.00000225. The van der Waals surface area contributed by atoms with Crippen molar-refractivity contribution < 1.29 is 4.79 Å². The predicted molar refractivity (Wildman–Crippen MR) is 102 cm³/mol. The lowest BCUT2D eigenvalue weighted by molar-refractivity contribution is -0.123. The van der Waals surface area contributed by atoms with Gasteiger partial charge >= 0.3 is 0 Å². The molecule has 2 unspecified atom stereocenters. The minimum atomic E-state index is 0. The molecule has 142 valence electrons. The summed E-state index contributed by atoms with van der Waals surface area (Å²) in [6.45, 7) is 9.19. The van der Waals surface area contributed by atoms with Crippen LogP contribution >= 0.6 is 12.4 Å². The maximum absolute atomic E-state index is 12.2. The Kier molecular flexibility index (Phi) is 7.28. The highest BCUT2D eigenvalue weighted by Gasteiger charge is 2.25. The summed E-state index contributed by atoms with van der Waals surface area (Å²) in [5.74, 6) is 0.741. The molecule has 1 aromatic heterocycles. The maximum Gasteiger partial charge on any atom is 0.237 e. The number of carbonyl (C=O) groups is 1. The van der Waals surface area contributed by atoms with Crippen LogP contribution in [0.5, 0.6) is 0 Å². The number of nitrogens with one attached hydrogen (secondary N) is 2. The predicted octanol–water partition coefficient (Wildman–Crippen LogP) is 1.54. The maximum atomic E-state index is 12.2. The van der Waals surface area contributed by atoms with Gasteiger partial charge in [-0.25, -0.2) is 0 Å². The molecule has 2 aliphatic rings. The molecule has 7 heteroatoms. The van der Waals surface area contributed by atoms with E-state index in [1.54, 1.807) is 0 Å². The van der Waals surface area contributed by atoms with E-state index in [-0.39, 0.29) is 24.4 Å². The number of amides is 1. The highest BCUT2D eigenvalue weighted by atomic mass is 35.5. The molecule has 2 fully saturated rings. The number of aromatic nitrogens is 2. The van der Waals surface area contributed by atoms with E-state index in [0.29, 0.717) is 5.92 Å². The van der Waals surface area contributed by atoms with Crippen molar-refractivity contribution in [3.63, 3.8) is 0 Å². The van der Waals surface area contributed by atoms with E-state index >= 15 is 0 Å². The highest BCUT2D eigenvalue weighted by molar-refractivity contribution is 5.85. The van der Waals surface area contributed by atoms with Crippen molar-refractivity contribution in [3.05, 3.63) is 17.0 Å². The van der Waals surface area contributed by atoms with Crippen molar-refractivity contribution in [2.24, 2.45) is 13.0 Å². The molecular weight excluding hydrogens is 338 g/mol. The van der Waals surface area contributed by atoms with E-state index < -0.39 is 0 Å². The summed E-state index contributed by atoms with van der Waals surface area (Å²) in [4.78, 5) is 14.7. The van der Waals surface area contributed by atoms with Gasteiger partial charge in [-0.15, -0.1) is 12.4 Å². The van der Waals surface area contributed by atoms with Crippen LogP contribution in [0, 0.1) is 19.8 Å². The summed E-state index contributed by atoms with van der Waals surface area (Å²) in [5.41, 5.74) is 3.75. The third kappa shape index (κ3) is 4.96. The first kappa shape index (κ1) is 20.2. The SMILES string of the molecule is Cc1nn(C)c(C)c1CN1CCCC(CNC(=O)C2CCCN2)C1.Cl. The molecule has 0 aromatic carbocycles. The van der Waals surface area contributed by atoms with Crippen LogP contribution in [-0.2, 0) is 18.4 Å². The summed E-state index contributed by atoms with van der Waals surface area (Å²) in [5, 5.41) is 11.0. The standard InChI is InChI=1S/C18H31N5O.ClH/c1-13-16(14(2)22(3)21-13)12-23-9-5-6-15(11-23)10-20-18(24)17-7-4-8-19-17;/h15,17,19H,4-12H2,1-3H3,(H,20,24);1H. The molecule has 2 saturated heterocycles. The Morgan fingerprint density at radius 2 is 2.12 bits per heavy atom. The van der Waals surface area contributed by atoms with Gasteiger partial charge in [0, 0.05) is 37.9 Å². The zero-order chi connectivity index (χ0) is 17.1. The molecular formula is C18H32ClN5O. The third-order valence-corrected chi connectivity index (χ3v) is 5.59. The number of aryl methyl sites for hydroxylation is 2. The van der Waals surface area contributed by atoms with E-state index in [1.165, 1.54) is 24.1 Å². The van der Waals surface area contributed by atoms with Crippen LogP contribution in [0.3, 0.4) is 0 Å². The van der Waals surface area contributed by atoms with Crippen LogP contribution in [0.2, 0.25) is 0 Å². The number of hydrogen-bond acceptors (Lipinski definition) is 4. The summed E-state index contributed by atoms with van der Waals surface area (Å²) in [7, 11) is 2.01. The molecule has 0 radical (unpaired) electrons. The molecule has 2 atom stereocenters. The fourth-order valence-corrected chi connectivity index (χ4v) is 4.01. The number of hydrogen-bond donors (Lipinski definition) is 2. The fraction of sp³-hybridized carbons (Fsp3) is 0.778. The van der Waals surface area contributed by atoms with Gasteiger partial charge in [-0.3, -0.25) is 14.4 Å². The Hall–Kier alpha value is -1.11. The van der Waals surface area contributed by atoms with Gasteiger partial charge in [-0.1, -0.05) is 0 Å². The first-order valence-electron chi connectivity index (χ1n) is 9.27. The second-order valence-corrected chi connectivity index (χ2v) is 7.41. The first-order chi connectivity index (χ1) is 11.5. The van der Waals surface area contributed by atoms with Crippen LogP contribution in [0.25, 0.3) is 0 Å². The average Bonchev–Trinajstić information content (AvgIpc) is 3.18. The molecule has 0 spiro atoms. The monoisotopic (exact) mass is 369 g/mol. The Labute approximate surface area is 157 Å². The molecule has 25 heavy (non-hydrogen) atoms. The average molecular weight is 370 g/mol. The van der Waals surface area contributed by atoms with Gasteiger partial charge in [-0.05, 0) is 58.5 Å². The van der Waals surface area contributed by atoms with Gasteiger partial charge in [0.05, 0.1) is 11.7 Å². The number of rotatable bonds is 5. The smallest absolute Gasteiger partial charge is 0.237 e. The van der Waals surface area contributed by atoms with E-state index in [4.69, 9.17) is 0 Å². The fourth-order valence-electron chi connectivity index (χ4n) is 4.01. The number of carbonyl (C=O) groups excluding carboxylic acids is 1. The Morgan fingerprint density at radius 3 is 2.76 bits per heavy atom. The molecule has 2 N–H and O–H groups in total. The lowest BCUT2D eigenvalue weighted by atomic mass is 9.97. The van der Waals surface area contributed by atoms with E-state index in [1.807, 2.05) is 11.7 Å². The van der Waals surface area contributed by atoms with Crippen LogP contribution in [0.15, 0.2) is 0 Å². The van der Waals surface area contributed by atoms with Crippen molar-refractivity contribution >= 4 is 18.3 Å². The first-order valence-corrected chi connectivity index (χ1v) is 9.27. The molecule has 1 amide bonds. The Bertz CT molecular complexity index is 582. The van der Waals surface area contributed by atoms with Crippen molar-refractivity contribution in [3.8, 4) is 0 Å². The summed E-state index contributed by atoms with van der Waals surface area (Å²) >= 11 is 0. The van der Waals surface area contributed by atoms with Gasteiger partial charge < -0.3 is 10.6 Å². The lowest BCUT2D eigenvalue weighted by Gasteiger charge is -2.33. The second-order valence-electron chi connectivity index (χ2n) is 7.41. The number of nitrogens with zero attached hydrogens (tertiary/aromatic N) is 3. The summed E-state index contributed by atoms with van der Waals surface area (Å²) in [6, 6.07) is 0.0328. The topological polar surface area (TPSA) is 62.2 Å². The van der Waals surface area contributed by atoms with Crippen molar-refractivity contribution in [1.29, 1.82) is 0 Å². The highest BCUT2D eigenvalue weighted by Crippen LogP contribution is 2.21. The van der Waals surface area contributed by atoms with E-state index in [0.717, 1.165) is 51.3 Å². The molecule has 0 bridgehead atoms. The zero-order valence-corrected chi connectivity index (χ0v) is 16.5. The molecule has 2 aliphatic heterocycles. The Morgan fingerprint density at radius 1 is 1.32 bits per heavy atom. The van der Waals surface area contributed by atoms with Crippen LogP contribution in [0.1, 0.15) is 42.6 Å². The van der Waals surface area contributed by atoms with E-state index in [2.05, 4.69) is 34.5 Å². The van der Waals surface area contributed by atoms with E-state index in [9.17, 15) is 4.79 Å². The largest absolute Gasteiger partial charge is 0.354 e. The number of piperidine rings is 1. The molecule has 6 nitrogen and oxygen atoms in total. The summed E-state index contributed by atoms with van der Waals surface area (Å²) < 4.78 is 1.97. The van der Waals surface area contributed by atoms with Crippen molar-refractivity contribution in [1.82, 2.24) is 25.3 Å².